The second-order valence-electron chi connectivity index (χ2n) is 6.81. The number of nitrogens with zero attached hydrogens (tertiary/aromatic N) is 3. The topological polar surface area (TPSA) is 83.4 Å². The lowest BCUT2D eigenvalue weighted by Crippen LogP contribution is -2.29. The van der Waals surface area contributed by atoms with Crippen molar-refractivity contribution in [2.45, 2.75) is 19.9 Å². The number of halogens is 2. The Morgan fingerprint density at radius 3 is 2.33 bits per heavy atom. The number of hydrogen-bond acceptors (Lipinski definition) is 6. The maximum atomic E-state index is 13.0. The van der Waals surface area contributed by atoms with Crippen LogP contribution in [0.15, 0.2) is 48.0 Å². The molecule has 1 aromatic heterocycles. The SMILES string of the molecule is Cc1ccc(C(O)=C2C(=O)C(=O)N(c3nnc(C)s3)C2c2ccc(Cl)c(Cl)c2)cc1. The second-order valence-corrected chi connectivity index (χ2v) is 8.79. The highest BCUT2D eigenvalue weighted by Crippen LogP contribution is 2.43. The minimum absolute atomic E-state index is 0.0462. The van der Waals surface area contributed by atoms with Crippen molar-refractivity contribution in [2.24, 2.45) is 0 Å². The maximum absolute atomic E-state index is 13.0. The number of amides is 1. The zero-order valence-corrected chi connectivity index (χ0v) is 18.2. The van der Waals surface area contributed by atoms with Gasteiger partial charge in [0.25, 0.3) is 5.78 Å². The minimum Gasteiger partial charge on any atom is -0.507 e. The van der Waals surface area contributed by atoms with Gasteiger partial charge in [0, 0.05) is 5.56 Å². The molecule has 1 saturated heterocycles. The Bertz CT molecular complexity index is 1200. The highest BCUT2D eigenvalue weighted by atomic mass is 35.5. The van der Waals surface area contributed by atoms with Crippen molar-refractivity contribution in [2.75, 3.05) is 4.90 Å². The number of hydrogen-bond donors (Lipinski definition) is 1. The molecule has 1 amide bonds. The summed E-state index contributed by atoms with van der Waals surface area (Å²) in [4.78, 5) is 27.2. The van der Waals surface area contributed by atoms with Gasteiger partial charge in [-0.15, -0.1) is 10.2 Å². The molecule has 0 radical (unpaired) electrons. The third-order valence-corrected chi connectivity index (χ3v) is 6.33. The number of carbonyl (C=O) groups excluding carboxylic acids is 2. The largest absolute Gasteiger partial charge is 0.507 e. The average Bonchev–Trinajstić information content (AvgIpc) is 3.25. The third kappa shape index (κ3) is 3.49. The predicted molar refractivity (Wildman–Crippen MR) is 117 cm³/mol. The lowest BCUT2D eigenvalue weighted by molar-refractivity contribution is -0.132. The van der Waals surface area contributed by atoms with Crippen LogP contribution in [0, 0.1) is 13.8 Å². The molecule has 1 aliphatic heterocycles. The van der Waals surface area contributed by atoms with Crippen LogP contribution in [0.2, 0.25) is 10.0 Å². The quantitative estimate of drug-likeness (QED) is 0.335. The highest BCUT2D eigenvalue weighted by Gasteiger charge is 2.48. The Morgan fingerprint density at radius 2 is 1.73 bits per heavy atom. The van der Waals surface area contributed by atoms with E-state index >= 15 is 0 Å². The number of rotatable bonds is 3. The molecule has 2 heterocycles. The minimum atomic E-state index is -0.923. The number of anilines is 1. The summed E-state index contributed by atoms with van der Waals surface area (Å²) in [5, 5.41) is 20.5. The summed E-state index contributed by atoms with van der Waals surface area (Å²) in [6.45, 7) is 3.66. The van der Waals surface area contributed by atoms with Gasteiger partial charge in [-0.25, -0.2) is 0 Å². The predicted octanol–water partition coefficient (Wildman–Crippen LogP) is 5.09. The second kappa shape index (κ2) is 7.83. The van der Waals surface area contributed by atoms with Crippen molar-refractivity contribution in [1.82, 2.24) is 10.2 Å². The number of benzene rings is 2. The summed E-state index contributed by atoms with van der Waals surface area (Å²) in [6, 6.07) is 10.9. The molecule has 0 aliphatic carbocycles. The molecule has 30 heavy (non-hydrogen) atoms. The molecule has 1 aliphatic rings. The number of aliphatic hydroxyl groups excluding tert-OH is 1. The fourth-order valence-corrected chi connectivity index (χ4v) is 4.30. The summed E-state index contributed by atoms with van der Waals surface area (Å²) in [5.74, 6) is -1.87. The lowest BCUT2D eigenvalue weighted by Gasteiger charge is -2.22. The summed E-state index contributed by atoms with van der Waals surface area (Å²) < 4.78 is 0. The van der Waals surface area contributed by atoms with E-state index in [1.807, 2.05) is 19.1 Å². The number of Topliss-reactive ketones (excluding diaryl/α,β-unsaturated/α-hetero) is 1. The van der Waals surface area contributed by atoms with E-state index in [2.05, 4.69) is 10.2 Å². The first-order valence-corrected chi connectivity index (χ1v) is 10.5. The van der Waals surface area contributed by atoms with Crippen molar-refractivity contribution in [3.63, 3.8) is 0 Å². The molecule has 2 aromatic carbocycles. The van der Waals surface area contributed by atoms with Crippen LogP contribution in [0.5, 0.6) is 0 Å². The zero-order valence-electron chi connectivity index (χ0n) is 15.9. The van der Waals surface area contributed by atoms with Crippen molar-refractivity contribution in [3.05, 3.63) is 79.8 Å². The van der Waals surface area contributed by atoms with Crippen LogP contribution in [-0.2, 0) is 9.59 Å². The van der Waals surface area contributed by atoms with Crippen LogP contribution in [-0.4, -0.2) is 27.0 Å². The first kappa shape index (κ1) is 20.5. The van der Waals surface area contributed by atoms with E-state index < -0.39 is 17.7 Å². The Kier molecular flexibility index (Phi) is 5.36. The number of carbonyl (C=O) groups is 2. The van der Waals surface area contributed by atoms with E-state index in [1.165, 1.54) is 16.2 Å². The van der Waals surface area contributed by atoms with Gasteiger partial charge in [0.1, 0.15) is 10.8 Å². The fourth-order valence-electron chi connectivity index (χ4n) is 3.28. The Hall–Kier alpha value is -2.74. The number of aromatic nitrogens is 2. The molecule has 1 fully saturated rings. The Morgan fingerprint density at radius 1 is 1.03 bits per heavy atom. The van der Waals surface area contributed by atoms with Crippen molar-refractivity contribution < 1.29 is 14.7 Å². The van der Waals surface area contributed by atoms with Crippen LogP contribution in [0.1, 0.15) is 27.7 Å². The zero-order chi connectivity index (χ0) is 21.6. The monoisotopic (exact) mass is 459 g/mol. The van der Waals surface area contributed by atoms with E-state index in [0.717, 1.165) is 5.56 Å². The van der Waals surface area contributed by atoms with Gasteiger partial charge in [-0.05, 0) is 31.5 Å². The number of ketones is 1. The van der Waals surface area contributed by atoms with Crippen molar-refractivity contribution in [1.29, 1.82) is 0 Å². The smallest absolute Gasteiger partial charge is 0.301 e. The van der Waals surface area contributed by atoms with Crippen LogP contribution in [0.3, 0.4) is 0 Å². The van der Waals surface area contributed by atoms with Crippen LogP contribution >= 0.6 is 34.5 Å². The van der Waals surface area contributed by atoms with E-state index in [4.69, 9.17) is 23.2 Å². The molecule has 0 spiro atoms. The number of aryl methyl sites for hydroxylation is 2. The fraction of sp³-hybridized carbons (Fsp3) is 0.143. The van der Waals surface area contributed by atoms with Gasteiger partial charge in [0.15, 0.2) is 0 Å². The van der Waals surface area contributed by atoms with Crippen LogP contribution in [0.25, 0.3) is 5.76 Å². The molecule has 1 N–H and O–H groups in total. The van der Waals surface area contributed by atoms with Gasteiger partial charge in [-0.2, -0.15) is 0 Å². The van der Waals surface area contributed by atoms with E-state index in [1.54, 1.807) is 37.3 Å². The summed E-state index contributed by atoms with van der Waals surface area (Å²) in [7, 11) is 0. The van der Waals surface area contributed by atoms with Gasteiger partial charge >= 0.3 is 5.91 Å². The summed E-state index contributed by atoms with van der Waals surface area (Å²) in [6.07, 6.45) is 0. The molecular weight excluding hydrogens is 445 g/mol. The molecule has 3 aromatic rings. The number of aliphatic hydroxyl groups is 1. The molecule has 4 rings (SSSR count). The van der Waals surface area contributed by atoms with Gasteiger partial charge in [0.05, 0.1) is 21.7 Å². The molecule has 0 saturated carbocycles. The van der Waals surface area contributed by atoms with Gasteiger partial charge in [-0.1, -0.05) is 70.4 Å². The lowest BCUT2D eigenvalue weighted by atomic mass is 9.95. The Labute approximate surface area is 186 Å². The standard InChI is InChI=1S/C21H15Cl2N3O3S/c1-10-3-5-12(6-4-10)18(27)16-17(13-7-8-14(22)15(23)9-13)26(20(29)19(16)28)21-25-24-11(2)30-21/h3-9,17,27H,1-2H3. The van der Waals surface area contributed by atoms with E-state index in [-0.39, 0.29) is 21.5 Å². The van der Waals surface area contributed by atoms with Crippen LogP contribution < -0.4 is 4.90 Å². The first-order valence-electron chi connectivity index (χ1n) is 8.91. The van der Waals surface area contributed by atoms with E-state index in [9.17, 15) is 14.7 Å². The molecule has 0 bridgehead atoms. The van der Waals surface area contributed by atoms with Crippen molar-refractivity contribution >= 4 is 57.1 Å². The van der Waals surface area contributed by atoms with Gasteiger partial charge in [-0.3, -0.25) is 14.5 Å². The summed E-state index contributed by atoms with van der Waals surface area (Å²) >= 11 is 13.4. The Balaban J connectivity index is 1.96. The highest BCUT2D eigenvalue weighted by molar-refractivity contribution is 7.15. The van der Waals surface area contributed by atoms with Crippen LogP contribution in [0.4, 0.5) is 5.13 Å². The van der Waals surface area contributed by atoms with Crippen molar-refractivity contribution in [3.8, 4) is 0 Å². The molecule has 1 unspecified atom stereocenters. The third-order valence-electron chi connectivity index (χ3n) is 4.75. The molecular formula is C21H15Cl2N3O3S. The first-order chi connectivity index (χ1) is 14.3. The summed E-state index contributed by atoms with van der Waals surface area (Å²) in [5.41, 5.74) is 1.90. The molecule has 9 heteroatoms. The molecule has 152 valence electrons. The van der Waals surface area contributed by atoms with Gasteiger partial charge < -0.3 is 5.11 Å². The average molecular weight is 460 g/mol. The molecule has 6 nitrogen and oxygen atoms in total. The molecule has 1 atom stereocenters. The van der Waals surface area contributed by atoms with E-state index in [0.29, 0.717) is 21.2 Å². The maximum Gasteiger partial charge on any atom is 0.301 e. The van der Waals surface area contributed by atoms with Gasteiger partial charge in [0.2, 0.25) is 5.13 Å². The normalized spacial score (nSPS) is 18.3.